The minimum atomic E-state index is -0.586. The molecule has 0 unspecified atom stereocenters. The standard InChI is InChI=1S/C46H51N5O4/c1-30-25-34(44-38(32-5-3-2-4-6-32)11-7-33-27-37(52)10-13-39(33)44)8-14-41(30)50-19-17-31(18-20-50)28-48-21-23-49(24-22-48)36-9-12-40-35(26-36)29-51(46(40)55)42-15-16-43(53)47-45(42)54/h2-6,8-10,12-14,25-27,31,38,42,44,52H,7,11,15-24,28-29H2,1H3,(H,47,53,54)/t38-,42+,44+/m1/s1. The molecule has 284 valence electrons. The van der Waals surface area contributed by atoms with Crippen molar-refractivity contribution in [2.75, 3.05) is 55.6 Å². The molecule has 4 heterocycles. The molecule has 3 amide bonds. The minimum absolute atomic E-state index is 0.121. The average molecular weight is 738 g/mol. The van der Waals surface area contributed by atoms with Crippen LogP contribution in [0.25, 0.3) is 0 Å². The lowest BCUT2D eigenvalue weighted by Crippen LogP contribution is -2.52. The minimum Gasteiger partial charge on any atom is -0.508 e. The number of anilines is 2. The predicted octanol–water partition coefficient (Wildman–Crippen LogP) is 6.36. The maximum Gasteiger partial charge on any atom is 0.255 e. The third-order valence-electron chi connectivity index (χ3n) is 13.1. The van der Waals surface area contributed by atoms with E-state index < -0.39 is 6.04 Å². The monoisotopic (exact) mass is 737 g/mol. The average Bonchev–Trinajstić information content (AvgIpc) is 3.53. The summed E-state index contributed by atoms with van der Waals surface area (Å²) in [5.41, 5.74) is 10.8. The van der Waals surface area contributed by atoms with E-state index in [-0.39, 0.29) is 30.1 Å². The second-order valence-electron chi connectivity index (χ2n) is 16.4. The van der Waals surface area contributed by atoms with Crippen molar-refractivity contribution in [2.24, 2.45) is 5.92 Å². The Kier molecular flexibility index (Phi) is 9.58. The van der Waals surface area contributed by atoms with Crippen LogP contribution in [0.5, 0.6) is 5.75 Å². The molecule has 0 radical (unpaired) electrons. The van der Waals surface area contributed by atoms with Crippen molar-refractivity contribution in [1.82, 2.24) is 15.1 Å². The highest BCUT2D eigenvalue weighted by Gasteiger charge is 2.39. The van der Waals surface area contributed by atoms with Crippen molar-refractivity contribution < 1.29 is 19.5 Å². The van der Waals surface area contributed by atoms with Gasteiger partial charge in [-0.15, -0.1) is 0 Å². The maximum absolute atomic E-state index is 13.2. The number of amides is 3. The number of aromatic hydroxyl groups is 1. The Balaban J connectivity index is 0.795. The van der Waals surface area contributed by atoms with E-state index in [1.165, 1.54) is 46.3 Å². The Bertz CT molecular complexity index is 2100. The number of hydrogen-bond donors (Lipinski definition) is 2. The first-order valence-corrected chi connectivity index (χ1v) is 20.3. The summed E-state index contributed by atoms with van der Waals surface area (Å²) in [5.74, 6) is 0.942. The zero-order chi connectivity index (χ0) is 37.6. The van der Waals surface area contributed by atoms with Crippen molar-refractivity contribution in [3.8, 4) is 5.75 Å². The summed E-state index contributed by atoms with van der Waals surface area (Å²) < 4.78 is 0. The quantitative estimate of drug-likeness (QED) is 0.213. The summed E-state index contributed by atoms with van der Waals surface area (Å²) in [6, 6.07) is 29.6. The van der Waals surface area contributed by atoms with Crippen LogP contribution < -0.4 is 15.1 Å². The SMILES string of the molecule is Cc1cc([C@@H]2c3ccc(O)cc3CC[C@@H]2c2ccccc2)ccc1N1CCC(CN2CCN(c3ccc4c(c3)CN([C@H]3CCC(=O)NC3=O)C4=O)CC2)CC1. The van der Waals surface area contributed by atoms with Gasteiger partial charge in [0, 0.05) is 81.6 Å². The highest BCUT2D eigenvalue weighted by Crippen LogP contribution is 2.47. The van der Waals surface area contributed by atoms with E-state index in [4.69, 9.17) is 0 Å². The topological polar surface area (TPSA) is 96.4 Å². The Morgan fingerprint density at radius 2 is 1.53 bits per heavy atom. The number of phenols is 1. The van der Waals surface area contributed by atoms with Gasteiger partial charge in [-0.25, -0.2) is 0 Å². The number of nitrogens with zero attached hydrogens (tertiary/aromatic N) is 4. The van der Waals surface area contributed by atoms with Gasteiger partial charge in [0.1, 0.15) is 11.8 Å². The van der Waals surface area contributed by atoms with Gasteiger partial charge in [-0.3, -0.25) is 24.6 Å². The van der Waals surface area contributed by atoms with E-state index in [2.05, 4.69) is 87.6 Å². The summed E-state index contributed by atoms with van der Waals surface area (Å²) in [4.78, 5) is 46.5. The number of piperidine rings is 2. The normalized spacial score (nSPS) is 23.5. The van der Waals surface area contributed by atoms with Crippen molar-refractivity contribution in [3.05, 3.63) is 124 Å². The summed E-state index contributed by atoms with van der Waals surface area (Å²) in [6.07, 6.45) is 5.08. The fourth-order valence-electron chi connectivity index (χ4n) is 10.2. The predicted molar refractivity (Wildman–Crippen MR) is 215 cm³/mol. The van der Waals surface area contributed by atoms with Crippen molar-refractivity contribution in [1.29, 1.82) is 0 Å². The molecule has 0 saturated carbocycles. The van der Waals surface area contributed by atoms with Crippen LogP contribution in [0.1, 0.15) is 87.7 Å². The molecule has 55 heavy (non-hydrogen) atoms. The van der Waals surface area contributed by atoms with Crippen LogP contribution in [0.2, 0.25) is 0 Å². The number of benzene rings is 4. The second-order valence-corrected chi connectivity index (χ2v) is 16.4. The molecule has 9 heteroatoms. The van der Waals surface area contributed by atoms with Gasteiger partial charge in [-0.1, -0.05) is 48.5 Å². The molecule has 9 rings (SSSR count). The number of phenolic OH excluding ortho intramolecular Hbond substituents is 1. The molecule has 1 aliphatic carbocycles. The molecule has 0 bridgehead atoms. The van der Waals surface area contributed by atoms with Crippen LogP contribution in [-0.4, -0.2) is 84.5 Å². The number of hydrogen-bond acceptors (Lipinski definition) is 7. The zero-order valence-electron chi connectivity index (χ0n) is 31.8. The molecule has 3 atom stereocenters. The molecular weight excluding hydrogens is 687 g/mol. The lowest BCUT2D eigenvalue weighted by Gasteiger charge is -2.40. The van der Waals surface area contributed by atoms with Crippen LogP contribution in [0.4, 0.5) is 11.4 Å². The first-order chi connectivity index (χ1) is 26.8. The molecule has 0 spiro atoms. The highest BCUT2D eigenvalue weighted by atomic mass is 16.3. The molecule has 2 N–H and O–H groups in total. The number of piperazine rings is 1. The van der Waals surface area contributed by atoms with Gasteiger partial charge in [-0.2, -0.15) is 0 Å². The summed E-state index contributed by atoms with van der Waals surface area (Å²) in [7, 11) is 0. The van der Waals surface area contributed by atoms with Gasteiger partial charge in [0.25, 0.3) is 5.91 Å². The van der Waals surface area contributed by atoms with E-state index >= 15 is 0 Å². The summed E-state index contributed by atoms with van der Waals surface area (Å²) in [6.45, 7) is 9.91. The molecule has 4 aromatic rings. The molecule has 5 aliphatic rings. The van der Waals surface area contributed by atoms with E-state index in [9.17, 15) is 19.5 Å². The number of nitrogens with one attached hydrogen (secondary N) is 1. The number of rotatable bonds is 7. The smallest absolute Gasteiger partial charge is 0.255 e. The molecule has 3 saturated heterocycles. The van der Waals surface area contributed by atoms with Gasteiger partial charge in [-0.05, 0) is 121 Å². The fourth-order valence-corrected chi connectivity index (χ4v) is 10.2. The van der Waals surface area contributed by atoms with Gasteiger partial charge >= 0.3 is 0 Å². The fraction of sp³-hybridized carbons (Fsp3) is 0.413. The number of imide groups is 1. The van der Waals surface area contributed by atoms with Crippen molar-refractivity contribution in [3.63, 3.8) is 0 Å². The van der Waals surface area contributed by atoms with Crippen molar-refractivity contribution in [2.45, 2.75) is 69.9 Å². The Morgan fingerprint density at radius 1 is 0.727 bits per heavy atom. The van der Waals surface area contributed by atoms with Gasteiger partial charge < -0.3 is 19.8 Å². The molecule has 3 fully saturated rings. The third kappa shape index (κ3) is 6.99. The van der Waals surface area contributed by atoms with Crippen molar-refractivity contribution >= 4 is 29.1 Å². The third-order valence-corrected chi connectivity index (χ3v) is 13.1. The van der Waals surface area contributed by atoms with E-state index in [0.29, 0.717) is 36.1 Å². The number of carbonyl (C=O) groups excluding carboxylic acids is 3. The number of aryl methyl sites for hydroxylation is 2. The van der Waals surface area contributed by atoms with Crippen LogP contribution in [0.15, 0.2) is 84.9 Å². The molecular formula is C46H51N5O4. The van der Waals surface area contributed by atoms with Gasteiger partial charge in [0.15, 0.2) is 0 Å². The van der Waals surface area contributed by atoms with E-state index in [1.54, 1.807) is 4.90 Å². The second kappa shape index (κ2) is 14.8. The van der Waals surface area contributed by atoms with E-state index in [1.807, 2.05) is 24.3 Å². The molecule has 4 aromatic carbocycles. The Labute approximate surface area is 323 Å². The van der Waals surface area contributed by atoms with Gasteiger partial charge in [0.05, 0.1) is 0 Å². The lowest BCUT2D eigenvalue weighted by molar-refractivity contribution is -0.136. The highest BCUT2D eigenvalue weighted by molar-refractivity contribution is 6.05. The summed E-state index contributed by atoms with van der Waals surface area (Å²) >= 11 is 0. The molecule has 9 nitrogen and oxygen atoms in total. The first kappa shape index (κ1) is 35.5. The molecule has 4 aliphatic heterocycles. The zero-order valence-corrected chi connectivity index (χ0v) is 31.8. The number of fused-ring (bicyclic) bond motifs is 2. The van der Waals surface area contributed by atoms with Crippen LogP contribution >= 0.6 is 0 Å². The Hall–Kier alpha value is -5.15. The van der Waals surface area contributed by atoms with Crippen LogP contribution in [0, 0.1) is 12.8 Å². The number of carbonyl (C=O) groups is 3. The van der Waals surface area contributed by atoms with E-state index in [0.717, 1.165) is 69.9 Å². The van der Waals surface area contributed by atoms with Crippen LogP contribution in [-0.2, 0) is 22.6 Å². The lowest BCUT2D eigenvalue weighted by atomic mass is 9.69. The van der Waals surface area contributed by atoms with Gasteiger partial charge in [0.2, 0.25) is 11.8 Å². The molecule has 0 aromatic heterocycles. The Morgan fingerprint density at radius 3 is 2.29 bits per heavy atom. The summed E-state index contributed by atoms with van der Waals surface area (Å²) in [5, 5.41) is 12.7. The maximum atomic E-state index is 13.2. The first-order valence-electron chi connectivity index (χ1n) is 20.3. The largest absolute Gasteiger partial charge is 0.508 e. The van der Waals surface area contributed by atoms with Crippen LogP contribution in [0.3, 0.4) is 0 Å².